The molecule has 0 bridgehead atoms. The Hall–Kier alpha value is -0.490. The van der Waals surface area contributed by atoms with Gasteiger partial charge in [-0.25, -0.2) is 4.39 Å². The molecule has 0 aliphatic heterocycles. The molecule has 3 nitrogen and oxygen atoms in total. The van der Waals surface area contributed by atoms with E-state index >= 15 is 0 Å². The van der Waals surface area contributed by atoms with Crippen molar-refractivity contribution >= 4 is 15.9 Å². The van der Waals surface area contributed by atoms with Crippen LogP contribution in [-0.2, 0) is 0 Å². The molecule has 1 aromatic rings. The molecule has 0 heterocycles. The maximum Gasteiger partial charge on any atom is 0.129 e. The SMILES string of the molecule is CC(CO)C(C)NC(CN)c1ccc(Br)cc1F. The second-order valence-corrected chi connectivity index (χ2v) is 5.48. The van der Waals surface area contributed by atoms with Crippen molar-refractivity contribution in [1.82, 2.24) is 5.32 Å². The molecule has 1 aromatic carbocycles. The molecule has 0 radical (unpaired) electrons. The van der Waals surface area contributed by atoms with E-state index in [-0.39, 0.29) is 30.4 Å². The Morgan fingerprint density at radius 2 is 2.11 bits per heavy atom. The number of rotatable bonds is 6. The van der Waals surface area contributed by atoms with E-state index in [1.54, 1.807) is 12.1 Å². The fraction of sp³-hybridized carbons (Fsp3) is 0.538. The Morgan fingerprint density at radius 1 is 1.44 bits per heavy atom. The molecule has 0 saturated carbocycles. The highest BCUT2D eigenvalue weighted by molar-refractivity contribution is 9.10. The van der Waals surface area contributed by atoms with E-state index in [1.165, 1.54) is 6.07 Å². The zero-order chi connectivity index (χ0) is 13.7. The number of aliphatic hydroxyl groups excluding tert-OH is 1. The molecule has 3 unspecified atom stereocenters. The zero-order valence-electron chi connectivity index (χ0n) is 10.7. The number of hydrogen-bond donors (Lipinski definition) is 3. The highest BCUT2D eigenvalue weighted by atomic mass is 79.9. The highest BCUT2D eigenvalue weighted by Crippen LogP contribution is 2.21. The number of aliphatic hydroxyl groups is 1. The Morgan fingerprint density at radius 3 is 2.61 bits per heavy atom. The monoisotopic (exact) mass is 318 g/mol. The molecule has 0 fully saturated rings. The molecule has 0 saturated heterocycles. The van der Waals surface area contributed by atoms with Gasteiger partial charge in [0.15, 0.2) is 0 Å². The van der Waals surface area contributed by atoms with Crippen LogP contribution in [0.3, 0.4) is 0 Å². The Labute approximate surface area is 116 Å². The molecule has 5 heteroatoms. The predicted octanol–water partition coefficient (Wildman–Crippen LogP) is 2.19. The van der Waals surface area contributed by atoms with E-state index in [0.29, 0.717) is 16.6 Å². The van der Waals surface area contributed by atoms with Gasteiger partial charge in [0.25, 0.3) is 0 Å². The molecule has 1 rings (SSSR count). The summed E-state index contributed by atoms with van der Waals surface area (Å²) in [5, 5.41) is 12.4. The second kappa shape index (κ2) is 7.19. The number of benzene rings is 1. The van der Waals surface area contributed by atoms with E-state index < -0.39 is 0 Å². The van der Waals surface area contributed by atoms with E-state index in [0.717, 1.165) is 0 Å². The molecule has 0 amide bonds. The molecule has 102 valence electrons. The van der Waals surface area contributed by atoms with Crippen molar-refractivity contribution in [3.63, 3.8) is 0 Å². The molecular formula is C13H20BrFN2O. The Bertz CT molecular complexity index is 389. The van der Waals surface area contributed by atoms with Gasteiger partial charge in [0.1, 0.15) is 5.82 Å². The van der Waals surface area contributed by atoms with Crippen LogP contribution < -0.4 is 11.1 Å². The molecule has 0 spiro atoms. The first-order valence-corrected chi connectivity index (χ1v) is 6.80. The summed E-state index contributed by atoms with van der Waals surface area (Å²) in [6.07, 6.45) is 0. The average molecular weight is 319 g/mol. The van der Waals surface area contributed by atoms with E-state index in [4.69, 9.17) is 10.8 Å². The predicted molar refractivity (Wildman–Crippen MR) is 74.7 cm³/mol. The number of hydrogen-bond acceptors (Lipinski definition) is 3. The van der Waals surface area contributed by atoms with Gasteiger partial charge in [0.2, 0.25) is 0 Å². The number of halogens is 2. The molecule has 0 aliphatic carbocycles. The Balaban J connectivity index is 2.83. The summed E-state index contributed by atoms with van der Waals surface area (Å²) >= 11 is 3.23. The lowest BCUT2D eigenvalue weighted by Crippen LogP contribution is -2.40. The number of nitrogens with one attached hydrogen (secondary N) is 1. The largest absolute Gasteiger partial charge is 0.396 e. The van der Waals surface area contributed by atoms with Crippen LogP contribution in [-0.4, -0.2) is 24.3 Å². The standard InChI is InChI=1S/C13H20BrFN2O/c1-8(7-18)9(2)17-13(6-16)11-4-3-10(14)5-12(11)15/h3-5,8-9,13,17-18H,6-7,16H2,1-2H3. The van der Waals surface area contributed by atoms with Crippen molar-refractivity contribution in [3.8, 4) is 0 Å². The van der Waals surface area contributed by atoms with Gasteiger partial charge < -0.3 is 16.2 Å². The maximum atomic E-state index is 13.8. The fourth-order valence-corrected chi connectivity index (χ4v) is 2.04. The van der Waals surface area contributed by atoms with Gasteiger partial charge in [0, 0.05) is 35.3 Å². The topological polar surface area (TPSA) is 58.3 Å². The lowest BCUT2D eigenvalue weighted by Gasteiger charge is -2.26. The van der Waals surface area contributed by atoms with Crippen LogP contribution in [0.2, 0.25) is 0 Å². The minimum absolute atomic E-state index is 0.0617. The second-order valence-electron chi connectivity index (χ2n) is 4.57. The molecule has 3 atom stereocenters. The van der Waals surface area contributed by atoms with Crippen molar-refractivity contribution in [3.05, 3.63) is 34.1 Å². The van der Waals surface area contributed by atoms with Crippen LogP contribution >= 0.6 is 15.9 Å². The smallest absolute Gasteiger partial charge is 0.129 e. The Kier molecular flexibility index (Phi) is 6.21. The highest BCUT2D eigenvalue weighted by Gasteiger charge is 2.19. The molecule has 0 aromatic heterocycles. The normalized spacial score (nSPS) is 16.3. The lowest BCUT2D eigenvalue weighted by atomic mass is 10.0. The minimum atomic E-state index is -0.281. The van der Waals surface area contributed by atoms with Crippen molar-refractivity contribution in [1.29, 1.82) is 0 Å². The quantitative estimate of drug-likeness (QED) is 0.753. The fourth-order valence-electron chi connectivity index (χ4n) is 1.71. The van der Waals surface area contributed by atoms with Crippen molar-refractivity contribution in [2.75, 3.05) is 13.2 Å². The van der Waals surface area contributed by atoms with Gasteiger partial charge >= 0.3 is 0 Å². The van der Waals surface area contributed by atoms with E-state index in [2.05, 4.69) is 21.2 Å². The van der Waals surface area contributed by atoms with Gasteiger partial charge in [-0.15, -0.1) is 0 Å². The molecule has 0 aliphatic rings. The van der Waals surface area contributed by atoms with Gasteiger partial charge in [-0.3, -0.25) is 0 Å². The van der Waals surface area contributed by atoms with Crippen molar-refractivity contribution in [2.45, 2.75) is 25.9 Å². The molecule has 18 heavy (non-hydrogen) atoms. The van der Waals surface area contributed by atoms with Crippen LogP contribution in [0.4, 0.5) is 4.39 Å². The molecular weight excluding hydrogens is 299 g/mol. The summed E-state index contributed by atoms with van der Waals surface area (Å²) in [5.41, 5.74) is 6.25. The van der Waals surface area contributed by atoms with Crippen molar-refractivity contribution < 1.29 is 9.50 Å². The van der Waals surface area contributed by atoms with Crippen LogP contribution in [0.25, 0.3) is 0 Å². The first-order valence-electron chi connectivity index (χ1n) is 6.01. The number of nitrogens with two attached hydrogens (primary N) is 1. The van der Waals surface area contributed by atoms with Crippen molar-refractivity contribution in [2.24, 2.45) is 11.7 Å². The summed E-state index contributed by atoms with van der Waals surface area (Å²) in [4.78, 5) is 0. The van der Waals surface area contributed by atoms with Crippen LogP contribution in [0.1, 0.15) is 25.5 Å². The third-order valence-corrected chi connectivity index (χ3v) is 3.67. The van der Waals surface area contributed by atoms with E-state index in [1.807, 2.05) is 13.8 Å². The van der Waals surface area contributed by atoms with Gasteiger partial charge in [-0.1, -0.05) is 28.9 Å². The van der Waals surface area contributed by atoms with Gasteiger partial charge in [-0.05, 0) is 25.0 Å². The van der Waals surface area contributed by atoms with Crippen LogP contribution in [0.15, 0.2) is 22.7 Å². The average Bonchev–Trinajstić information content (AvgIpc) is 2.35. The van der Waals surface area contributed by atoms with Crippen LogP contribution in [0, 0.1) is 11.7 Å². The van der Waals surface area contributed by atoms with Crippen LogP contribution in [0.5, 0.6) is 0 Å². The van der Waals surface area contributed by atoms with Gasteiger partial charge in [-0.2, -0.15) is 0 Å². The summed E-state index contributed by atoms with van der Waals surface area (Å²) < 4.78 is 14.6. The summed E-state index contributed by atoms with van der Waals surface area (Å²) in [6, 6.07) is 4.76. The van der Waals surface area contributed by atoms with E-state index in [9.17, 15) is 4.39 Å². The third-order valence-electron chi connectivity index (χ3n) is 3.18. The summed E-state index contributed by atoms with van der Waals surface area (Å²) in [6.45, 7) is 4.29. The molecule has 4 N–H and O–H groups in total. The lowest BCUT2D eigenvalue weighted by molar-refractivity contribution is 0.201. The minimum Gasteiger partial charge on any atom is -0.396 e. The zero-order valence-corrected chi connectivity index (χ0v) is 12.2. The maximum absolute atomic E-state index is 13.8. The first-order chi connectivity index (χ1) is 8.49. The van der Waals surface area contributed by atoms with Gasteiger partial charge in [0.05, 0.1) is 0 Å². The summed E-state index contributed by atoms with van der Waals surface area (Å²) in [7, 11) is 0. The summed E-state index contributed by atoms with van der Waals surface area (Å²) in [5.74, 6) is -0.186. The first kappa shape index (κ1) is 15.6. The third kappa shape index (κ3) is 4.02.